The number of hydrogen-bond donors (Lipinski definition) is 2. The summed E-state index contributed by atoms with van der Waals surface area (Å²) in [5.41, 5.74) is 1.05. The van der Waals surface area contributed by atoms with Gasteiger partial charge in [-0.25, -0.2) is 19.2 Å². The van der Waals surface area contributed by atoms with Gasteiger partial charge in [-0.1, -0.05) is 17.7 Å². The van der Waals surface area contributed by atoms with E-state index in [1.165, 1.54) is 24.5 Å². The molecule has 2 aliphatic heterocycles. The van der Waals surface area contributed by atoms with Gasteiger partial charge in [-0.05, 0) is 43.0 Å². The Morgan fingerprint density at radius 3 is 2.95 bits per heavy atom. The Labute approximate surface area is 240 Å². The van der Waals surface area contributed by atoms with Crippen LogP contribution in [0.2, 0.25) is 5.02 Å². The molecule has 3 heterocycles. The molecule has 214 valence electrons. The number of carbonyl (C=O) groups excluding carboxylic acids is 2. The van der Waals surface area contributed by atoms with E-state index in [1.54, 1.807) is 24.3 Å². The molecule has 2 saturated heterocycles. The van der Waals surface area contributed by atoms with Crippen LogP contribution in [0.25, 0.3) is 10.9 Å². The highest BCUT2D eigenvalue weighted by atomic mass is 35.5. The molecule has 2 aromatic carbocycles. The summed E-state index contributed by atoms with van der Waals surface area (Å²) in [6, 6.07) is 7.84. The zero-order valence-corrected chi connectivity index (χ0v) is 23.0. The van der Waals surface area contributed by atoms with E-state index in [2.05, 4.69) is 25.5 Å². The van der Waals surface area contributed by atoms with Crippen molar-refractivity contribution in [1.82, 2.24) is 14.9 Å². The molecule has 1 unspecified atom stereocenters. The number of hydrogen-bond acceptors (Lipinski definition) is 9. The first-order chi connectivity index (χ1) is 19.9. The van der Waals surface area contributed by atoms with Gasteiger partial charge in [0.25, 0.3) is 0 Å². The van der Waals surface area contributed by atoms with Crippen molar-refractivity contribution < 1.29 is 28.2 Å². The largest absolute Gasteiger partial charge is 0.491 e. The summed E-state index contributed by atoms with van der Waals surface area (Å²) >= 11 is 5.95. The van der Waals surface area contributed by atoms with Gasteiger partial charge in [-0.3, -0.25) is 9.69 Å². The zero-order valence-electron chi connectivity index (χ0n) is 22.2. The molecule has 1 aromatic heterocycles. The fourth-order valence-electron chi connectivity index (χ4n) is 4.99. The maximum Gasteiger partial charge on any atom is 0.332 e. The highest BCUT2D eigenvalue weighted by molar-refractivity contribution is 6.31. The van der Waals surface area contributed by atoms with Crippen LogP contribution in [-0.2, 0) is 19.1 Å². The van der Waals surface area contributed by atoms with Gasteiger partial charge in [-0.2, -0.15) is 0 Å². The monoisotopic (exact) mass is 581 g/mol. The topological polar surface area (TPSA) is 115 Å². The zero-order chi connectivity index (χ0) is 28.4. The van der Waals surface area contributed by atoms with Gasteiger partial charge in [0.1, 0.15) is 35.9 Å². The first kappa shape index (κ1) is 27.4. The number of esters is 1. The molecular formula is C29H29ClFN5O5. The molecule has 3 aliphatic rings. The molecule has 1 saturated carbocycles. The average Bonchev–Trinajstić information content (AvgIpc) is 3.70. The van der Waals surface area contributed by atoms with E-state index >= 15 is 0 Å². The van der Waals surface area contributed by atoms with Crippen LogP contribution in [0.1, 0.15) is 19.3 Å². The lowest BCUT2D eigenvalue weighted by Gasteiger charge is -2.32. The Balaban J connectivity index is 1.17. The summed E-state index contributed by atoms with van der Waals surface area (Å²) in [6.45, 7) is 2.76. The third-order valence-electron chi connectivity index (χ3n) is 7.29. The number of aromatic nitrogens is 2. The molecule has 0 radical (unpaired) electrons. The molecular weight excluding hydrogens is 553 g/mol. The fourth-order valence-corrected chi connectivity index (χ4v) is 5.17. The minimum absolute atomic E-state index is 0.00672. The van der Waals surface area contributed by atoms with Gasteiger partial charge >= 0.3 is 5.97 Å². The molecule has 1 atom stereocenters. The second-order valence-corrected chi connectivity index (χ2v) is 11.0. The standard InChI is InChI=1S/C29H29ClFN5O5/c30-21-10-19(5-6-22(21)31)34-28-20-11-24(25(40-13-18-3-4-18)12-23(20)32-17-33-28)35-26(37)2-1-8-36-9-7-29(15-36)16-39-14-27(38)41-29/h1-2,5-6,10-12,17-18H,3-4,7-9,13-16H2,(H,35,37)(H,32,33,34). The number of carbonyl (C=O) groups is 2. The van der Waals surface area contributed by atoms with Crippen LogP contribution >= 0.6 is 11.6 Å². The van der Waals surface area contributed by atoms with E-state index < -0.39 is 11.4 Å². The number of amides is 1. The lowest BCUT2D eigenvalue weighted by Crippen LogP contribution is -2.47. The third-order valence-corrected chi connectivity index (χ3v) is 7.58. The molecule has 3 fully saturated rings. The van der Waals surface area contributed by atoms with E-state index in [1.807, 2.05) is 0 Å². The van der Waals surface area contributed by atoms with Gasteiger partial charge in [0.15, 0.2) is 0 Å². The number of likely N-dealkylation sites (tertiary alicyclic amines) is 1. The molecule has 2 N–H and O–H groups in total. The summed E-state index contributed by atoms with van der Waals surface area (Å²) in [6.07, 6.45) is 7.62. The van der Waals surface area contributed by atoms with Gasteiger partial charge in [0, 0.05) is 49.3 Å². The lowest BCUT2D eigenvalue weighted by molar-refractivity contribution is -0.187. The van der Waals surface area contributed by atoms with E-state index in [-0.39, 0.29) is 23.5 Å². The van der Waals surface area contributed by atoms with E-state index in [0.717, 1.165) is 19.4 Å². The quantitative estimate of drug-likeness (QED) is 0.279. The van der Waals surface area contributed by atoms with Gasteiger partial charge in [0.2, 0.25) is 5.91 Å². The number of rotatable bonds is 9. The van der Waals surface area contributed by atoms with Crippen molar-refractivity contribution in [2.24, 2.45) is 5.92 Å². The summed E-state index contributed by atoms with van der Waals surface area (Å²) in [4.78, 5) is 35.5. The summed E-state index contributed by atoms with van der Waals surface area (Å²) in [7, 11) is 0. The average molecular weight is 582 g/mol. The number of nitrogens with zero attached hydrogens (tertiary/aromatic N) is 3. The van der Waals surface area contributed by atoms with Crippen LogP contribution in [0.3, 0.4) is 0 Å². The van der Waals surface area contributed by atoms with Crippen molar-refractivity contribution in [3.63, 3.8) is 0 Å². The number of benzene rings is 2. The maximum atomic E-state index is 13.6. The number of ether oxygens (including phenoxy) is 3. The minimum atomic E-state index is -0.600. The summed E-state index contributed by atoms with van der Waals surface area (Å²) in [5, 5.41) is 6.71. The fraction of sp³-hybridized carbons (Fsp3) is 0.379. The smallest absolute Gasteiger partial charge is 0.332 e. The Morgan fingerprint density at radius 1 is 1.27 bits per heavy atom. The Morgan fingerprint density at radius 2 is 2.15 bits per heavy atom. The first-order valence-electron chi connectivity index (χ1n) is 13.5. The van der Waals surface area contributed by atoms with Crippen molar-refractivity contribution >= 4 is 51.6 Å². The van der Waals surface area contributed by atoms with Gasteiger partial charge in [-0.15, -0.1) is 0 Å². The van der Waals surface area contributed by atoms with E-state index in [4.69, 9.17) is 25.8 Å². The van der Waals surface area contributed by atoms with Crippen LogP contribution in [0.5, 0.6) is 5.75 Å². The predicted octanol–water partition coefficient (Wildman–Crippen LogP) is 4.47. The van der Waals surface area contributed by atoms with Crippen LogP contribution in [-0.4, -0.2) is 71.8 Å². The minimum Gasteiger partial charge on any atom is -0.491 e. The number of anilines is 3. The van der Waals surface area contributed by atoms with Crippen LogP contribution < -0.4 is 15.4 Å². The lowest BCUT2D eigenvalue weighted by atomic mass is 10.0. The molecule has 1 spiro atoms. The number of fused-ring (bicyclic) bond motifs is 1. The van der Waals surface area contributed by atoms with Crippen molar-refractivity contribution in [2.45, 2.75) is 24.9 Å². The molecule has 12 heteroatoms. The molecule has 0 bridgehead atoms. The molecule has 3 aromatic rings. The Hall–Kier alpha value is -3.80. The first-order valence-corrected chi connectivity index (χ1v) is 13.9. The van der Waals surface area contributed by atoms with Crippen LogP contribution in [0.15, 0.2) is 48.8 Å². The van der Waals surface area contributed by atoms with E-state index in [9.17, 15) is 14.0 Å². The SMILES string of the molecule is O=C(C=CCN1CCC2(COCC(=O)O2)C1)Nc1cc2c(Nc3ccc(F)c(Cl)c3)ncnc2cc1OCC1CC1. The van der Waals surface area contributed by atoms with Crippen molar-refractivity contribution in [1.29, 1.82) is 0 Å². The summed E-state index contributed by atoms with van der Waals surface area (Å²) < 4.78 is 30.7. The second kappa shape index (κ2) is 11.6. The van der Waals surface area contributed by atoms with Gasteiger partial charge in [0.05, 0.1) is 29.4 Å². The van der Waals surface area contributed by atoms with Crippen LogP contribution in [0, 0.1) is 11.7 Å². The third kappa shape index (κ3) is 6.58. The molecule has 1 aliphatic carbocycles. The second-order valence-electron chi connectivity index (χ2n) is 10.6. The number of nitrogens with one attached hydrogen (secondary N) is 2. The Bertz CT molecular complexity index is 1520. The summed E-state index contributed by atoms with van der Waals surface area (Å²) in [5.74, 6) is 0.314. The molecule has 6 rings (SSSR count). The van der Waals surface area contributed by atoms with Crippen LogP contribution in [0.4, 0.5) is 21.6 Å². The highest BCUT2D eigenvalue weighted by Crippen LogP contribution is 2.36. The Kier molecular flexibility index (Phi) is 7.74. The molecule has 1 amide bonds. The normalized spacial score (nSPS) is 21.0. The van der Waals surface area contributed by atoms with E-state index in [0.29, 0.717) is 72.5 Å². The van der Waals surface area contributed by atoms with Crippen molar-refractivity contribution in [2.75, 3.05) is 50.1 Å². The number of halogens is 2. The van der Waals surface area contributed by atoms with Gasteiger partial charge < -0.3 is 24.8 Å². The maximum absolute atomic E-state index is 13.6. The molecule has 41 heavy (non-hydrogen) atoms. The predicted molar refractivity (Wildman–Crippen MR) is 151 cm³/mol. The highest BCUT2D eigenvalue weighted by Gasteiger charge is 2.44. The van der Waals surface area contributed by atoms with Crippen molar-refractivity contribution in [3.8, 4) is 5.75 Å². The van der Waals surface area contributed by atoms with Crippen molar-refractivity contribution in [3.05, 3.63) is 59.7 Å². The molecule has 10 nitrogen and oxygen atoms in total.